The van der Waals surface area contributed by atoms with Gasteiger partial charge in [0, 0.05) is 11.1 Å². The summed E-state index contributed by atoms with van der Waals surface area (Å²) in [6, 6.07) is 6.52. The SMILES string of the molecule is CCNC(c1cc(C)ccc1F)c1ccoc1Cl. The molecule has 0 radical (unpaired) electrons. The monoisotopic (exact) mass is 267 g/mol. The van der Waals surface area contributed by atoms with Crippen LogP contribution in [0.4, 0.5) is 4.39 Å². The van der Waals surface area contributed by atoms with Crippen LogP contribution in [0.15, 0.2) is 34.9 Å². The molecular weight excluding hydrogens is 253 g/mol. The number of hydrogen-bond donors (Lipinski definition) is 1. The van der Waals surface area contributed by atoms with Crippen molar-refractivity contribution >= 4 is 11.6 Å². The van der Waals surface area contributed by atoms with Gasteiger partial charge in [0.1, 0.15) is 5.82 Å². The first kappa shape index (κ1) is 13.1. The van der Waals surface area contributed by atoms with Crippen molar-refractivity contribution in [2.75, 3.05) is 6.54 Å². The molecule has 1 aromatic heterocycles. The number of nitrogens with one attached hydrogen (secondary N) is 1. The van der Waals surface area contributed by atoms with E-state index < -0.39 is 0 Å². The Morgan fingerprint density at radius 1 is 1.33 bits per heavy atom. The zero-order valence-corrected chi connectivity index (χ0v) is 11.1. The van der Waals surface area contributed by atoms with E-state index in [0.717, 1.165) is 11.1 Å². The molecular formula is C14H15ClFNO. The lowest BCUT2D eigenvalue weighted by molar-refractivity contribution is 0.539. The fraction of sp³-hybridized carbons (Fsp3) is 0.286. The number of hydrogen-bond acceptors (Lipinski definition) is 2. The van der Waals surface area contributed by atoms with Gasteiger partial charge in [0.15, 0.2) is 5.22 Å². The molecule has 1 N–H and O–H groups in total. The molecule has 0 spiro atoms. The first-order valence-corrected chi connectivity index (χ1v) is 6.23. The van der Waals surface area contributed by atoms with Gasteiger partial charge in [-0.2, -0.15) is 0 Å². The summed E-state index contributed by atoms with van der Waals surface area (Å²) in [6.45, 7) is 4.61. The van der Waals surface area contributed by atoms with Gasteiger partial charge in [-0.15, -0.1) is 0 Å². The van der Waals surface area contributed by atoms with Crippen molar-refractivity contribution in [2.45, 2.75) is 19.9 Å². The Morgan fingerprint density at radius 2 is 2.11 bits per heavy atom. The Kier molecular flexibility index (Phi) is 4.04. The number of halogens is 2. The van der Waals surface area contributed by atoms with Crippen molar-refractivity contribution < 1.29 is 8.81 Å². The topological polar surface area (TPSA) is 25.2 Å². The molecule has 1 unspecified atom stereocenters. The van der Waals surface area contributed by atoms with Crippen LogP contribution in [0, 0.1) is 12.7 Å². The average Bonchev–Trinajstić information content (AvgIpc) is 2.76. The van der Waals surface area contributed by atoms with Crippen LogP contribution in [-0.2, 0) is 0 Å². The Balaban J connectivity index is 2.48. The maximum Gasteiger partial charge on any atom is 0.198 e. The summed E-state index contributed by atoms with van der Waals surface area (Å²) in [5.41, 5.74) is 2.34. The normalized spacial score (nSPS) is 12.7. The highest BCUT2D eigenvalue weighted by atomic mass is 35.5. The van der Waals surface area contributed by atoms with Crippen molar-refractivity contribution in [3.63, 3.8) is 0 Å². The third-order valence-corrected chi connectivity index (χ3v) is 3.14. The zero-order chi connectivity index (χ0) is 13.1. The second-order valence-electron chi connectivity index (χ2n) is 4.17. The van der Waals surface area contributed by atoms with Crippen LogP contribution in [0.5, 0.6) is 0 Å². The molecule has 18 heavy (non-hydrogen) atoms. The van der Waals surface area contributed by atoms with Gasteiger partial charge in [0.05, 0.1) is 12.3 Å². The highest BCUT2D eigenvalue weighted by Crippen LogP contribution is 2.31. The van der Waals surface area contributed by atoms with Crippen LogP contribution in [0.1, 0.15) is 29.7 Å². The van der Waals surface area contributed by atoms with Crippen molar-refractivity contribution in [1.82, 2.24) is 5.32 Å². The van der Waals surface area contributed by atoms with Gasteiger partial charge in [0.25, 0.3) is 0 Å². The second-order valence-corrected chi connectivity index (χ2v) is 4.51. The minimum absolute atomic E-state index is 0.246. The van der Waals surface area contributed by atoms with Crippen molar-refractivity contribution in [2.24, 2.45) is 0 Å². The maximum absolute atomic E-state index is 14.0. The first-order valence-electron chi connectivity index (χ1n) is 5.85. The molecule has 0 saturated carbocycles. The molecule has 0 amide bonds. The molecule has 0 aliphatic heterocycles. The van der Waals surface area contributed by atoms with Gasteiger partial charge < -0.3 is 9.73 Å². The number of rotatable bonds is 4. The quantitative estimate of drug-likeness (QED) is 0.903. The van der Waals surface area contributed by atoms with E-state index in [9.17, 15) is 4.39 Å². The highest BCUT2D eigenvalue weighted by molar-refractivity contribution is 6.29. The van der Waals surface area contributed by atoms with E-state index in [1.807, 2.05) is 19.9 Å². The summed E-state index contributed by atoms with van der Waals surface area (Å²) in [6.07, 6.45) is 1.51. The molecule has 0 saturated heterocycles. The van der Waals surface area contributed by atoms with Gasteiger partial charge in [-0.25, -0.2) is 4.39 Å². The lowest BCUT2D eigenvalue weighted by Gasteiger charge is -2.18. The van der Waals surface area contributed by atoms with Gasteiger partial charge >= 0.3 is 0 Å². The minimum atomic E-state index is -0.291. The summed E-state index contributed by atoms with van der Waals surface area (Å²) in [4.78, 5) is 0. The van der Waals surface area contributed by atoms with Gasteiger partial charge in [-0.1, -0.05) is 24.6 Å². The molecule has 2 rings (SSSR count). The highest BCUT2D eigenvalue weighted by Gasteiger charge is 2.21. The third-order valence-electron chi connectivity index (χ3n) is 2.83. The van der Waals surface area contributed by atoms with E-state index in [1.54, 1.807) is 12.1 Å². The van der Waals surface area contributed by atoms with Crippen LogP contribution < -0.4 is 5.32 Å². The fourth-order valence-corrected chi connectivity index (χ4v) is 2.21. The van der Waals surface area contributed by atoms with Gasteiger partial charge in [-0.05, 0) is 37.2 Å². The maximum atomic E-state index is 14.0. The van der Waals surface area contributed by atoms with E-state index in [1.165, 1.54) is 12.3 Å². The van der Waals surface area contributed by atoms with E-state index in [0.29, 0.717) is 17.3 Å². The summed E-state index contributed by atoms with van der Waals surface area (Å²) in [5, 5.41) is 3.52. The number of benzene rings is 1. The molecule has 2 nitrogen and oxygen atoms in total. The molecule has 1 heterocycles. The Bertz CT molecular complexity index is 538. The Labute approximate surface area is 111 Å². The van der Waals surface area contributed by atoms with Gasteiger partial charge in [0.2, 0.25) is 0 Å². The molecule has 0 fully saturated rings. The number of aryl methyl sites for hydroxylation is 1. The molecule has 96 valence electrons. The van der Waals surface area contributed by atoms with Crippen molar-refractivity contribution in [3.8, 4) is 0 Å². The molecule has 1 aromatic carbocycles. The molecule has 4 heteroatoms. The summed E-state index contributed by atoms with van der Waals surface area (Å²) in [7, 11) is 0. The van der Waals surface area contributed by atoms with Crippen LogP contribution >= 0.6 is 11.6 Å². The fourth-order valence-electron chi connectivity index (χ4n) is 1.99. The standard InChI is InChI=1S/C14H15ClFNO/c1-3-17-13(10-6-7-18-14(10)15)11-8-9(2)4-5-12(11)16/h4-8,13,17H,3H2,1-2H3. The second kappa shape index (κ2) is 5.55. The summed E-state index contributed by atoms with van der Waals surface area (Å²) >= 11 is 5.98. The predicted octanol–water partition coefficient (Wildman–Crippen LogP) is 4.08. The molecule has 2 aromatic rings. The lowest BCUT2D eigenvalue weighted by atomic mass is 9.99. The zero-order valence-electron chi connectivity index (χ0n) is 10.3. The predicted molar refractivity (Wildman–Crippen MR) is 70.4 cm³/mol. The molecule has 0 aliphatic rings. The van der Waals surface area contributed by atoms with Crippen LogP contribution in [0.3, 0.4) is 0 Å². The van der Waals surface area contributed by atoms with Crippen molar-refractivity contribution in [3.05, 3.63) is 58.3 Å². The molecule has 0 bridgehead atoms. The minimum Gasteiger partial charge on any atom is -0.453 e. The summed E-state index contributed by atoms with van der Waals surface area (Å²) < 4.78 is 19.0. The summed E-state index contributed by atoms with van der Waals surface area (Å²) in [5.74, 6) is -0.246. The largest absolute Gasteiger partial charge is 0.453 e. The van der Waals surface area contributed by atoms with Crippen LogP contribution in [0.2, 0.25) is 5.22 Å². The van der Waals surface area contributed by atoms with E-state index in [-0.39, 0.29) is 11.9 Å². The number of furan rings is 1. The first-order chi connectivity index (χ1) is 8.63. The van der Waals surface area contributed by atoms with Crippen LogP contribution in [-0.4, -0.2) is 6.54 Å². The van der Waals surface area contributed by atoms with Gasteiger partial charge in [-0.3, -0.25) is 0 Å². The van der Waals surface area contributed by atoms with E-state index in [2.05, 4.69) is 5.32 Å². The Morgan fingerprint density at radius 3 is 2.72 bits per heavy atom. The lowest BCUT2D eigenvalue weighted by Crippen LogP contribution is -2.23. The van der Waals surface area contributed by atoms with Crippen LogP contribution in [0.25, 0.3) is 0 Å². The average molecular weight is 268 g/mol. The smallest absolute Gasteiger partial charge is 0.198 e. The molecule has 1 atom stereocenters. The van der Waals surface area contributed by atoms with E-state index in [4.69, 9.17) is 16.0 Å². The van der Waals surface area contributed by atoms with E-state index >= 15 is 0 Å². The Hall–Kier alpha value is -1.32. The van der Waals surface area contributed by atoms with Crippen molar-refractivity contribution in [1.29, 1.82) is 0 Å². The molecule has 0 aliphatic carbocycles. The third kappa shape index (κ3) is 2.57.